The lowest BCUT2D eigenvalue weighted by atomic mass is 9.81. The van der Waals surface area contributed by atoms with Gasteiger partial charge in [-0.15, -0.1) is 0 Å². The predicted molar refractivity (Wildman–Crippen MR) is 81.7 cm³/mol. The quantitative estimate of drug-likeness (QED) is 0.894. The topological polar surface area (TPSA) is 32.3 Å². The molecule has 104 valence electrons. The summed E-state index contributed by atoms with van der Waals surface area (Å²) in [6.07, 6.45) is 2.08. The fourth-order valence-corrected chi connectivity index (χ4v) is 3.05. The van der Waals surface area contributed by atoms with Gasteiger partial charge < -0.3 is 10.4 Å². The van der Waals surface area contributed by atoms with E-state index in [4.69, 9.17) is 0 Å². The molecular formula is C18H21NO. The van der Waals surface area contributed by atoms with Crippen LogP contribution in [0.2, 0.25) is 0 Å². The number of aromatic hydroxyl groups is 1. The second-order valence-corrected chi connectivity index (χ2v) is 5.81. The molecule has 0 bridgehead atoms. The van der Waals surface area contributed by atoms with Gasteiger partial charge in [-0.05, 0) is 47.6 Å². The Morgan fingerprint density at radius 2 is 1.85 bits per heavy atom. The van der Waals surface area contributed by atoms with E-state index in [0.29, 0.717) is 17.7 Å². The van der Waals surface area contributed by atoms with Gasteiger partial charge >= 0.3 is 0 Å². The molecule has 2 aromatic carbocycles. The highest BCUT2D eigenvalue weighted by Crippen LogP contribution is 2.28. The normalized spacial score (nSPS) is 21.4. The average Bonchev–Trinajstić information content (AvgIpc) is 2.46. The summed E-state index contributed by atoms with van der Waals surface area (Å²) in [5.41, 5.74) is 3.99. The number of hydrogen-bond acceptors (Lipinski definition) is 2. The van der Waals surface area contributed by atoms with Gasteiger partial charge in [0.05, 0.1) is 0 Å². The van der Waals surface area contributed by atoms with E-state index in [1.807, 2.05) is 12.1 Å². The fourth-order valence-electron chi connectivity index (χ4n) is 3.05. The summed E-state index contributed by atoms with van der Waals surface area (Å²) in [5, 5.41) is 13.3. The number of nitrogens with one attached hydrogen (secondary N) is 1. The second kappa shape index (κ2) is 5.68. The van der Waals surface area contributed by atoms with E-state index in [-0.39, 0.29) is 0 Å². The number of fused-ring (bicyclic) bond motifs is 1. The van der Waals surface area contributed by atoms with Gasteiger partial charge in [-0.3, -0.25) is 0 Å². The van der Waals surface area contributed by atoms with E-state index in [1.54, 1.807) is 6.07 Å². The van der Waals surface area contributed by atoms with Crippen molar-refractivity contribution in [3.8, 4) is 5.75 Å². The number of rotatable bonds is 3. The van der Waals surface area contributed by atoms with E-state index in [0.717, 1.165) is 19.4 Å². The van der Waals surface area contributed by atoms with Crippen LogP contribution in [0.3, 0.4) is 0 Å². The Morgan fingerprint density at radius 1 is 1.05 bits per heavy atom. The van der Waals surface area contributed by atoms with Crippen molar-refractivity contribution in [2.24, 2.45) is 5.92 Å². The first-order valence-corrected chi connectivity index (χ1v) is 7.30. The third-order valence-electron chi connectivity index (χ3n) is 4.27. The maximum atomic E-state index is 9.63. The Morgan fingerprint density at radius 3 is 2.65 bits per heavy atom. The Labute approximate surface area is 120 Å². The standard InChI is InChI=1S/C18H21NO/c1-13-9-15-7-8-17(20)10-16(15)11-18(13)19-12-14-5-3-2-4-6-14/h2-8,10,13,18-20H,9,11-12H2,1H3/t13-,18-/m1/s1. The first-order chi connectivity index (χ1) is 9.72. The minimum atomic E-state index is 0.375. The van der Waals surface area contributed by atoms with E-state index in [9.17, 15) is 5.11 Å². The Kier molecular flexibility index (Phi) is 3.75. The molecule has 0 radical (unpaired) electrons. The molecule has 0 unspecified atom stereocenters. The SMILES string of the molecule is C[C@@H]1Cc2ccc(O)cc2C[C@H]1NCc1ccccc1. The smallest absolute Gasteiger partial charge is 0.115 e. The molecule has 0 spiro atoms. The highest BCUT2D eigenvalue weighted by molar-refractivity contribution is 5.37. The molecule has 1 aliphatic rings. The monoisotopic (exact) mass is 267 g/mol. The van der Waals surface area contributed by atoms with Crippen LogP contribution in [0.1, 0.15) is 23.6 Å². The molecule has 3 rings (SSSR count). The van der Waals surface area contributed by atoms with Crippen molar-refractivity contribution in [3.05, 3.63) is 65.2 Å². The molecule has 20 heavy (non-hydrogen) atoms. The summed E-state index contributed by atoms with van der Waals surface area (Å²) in [6, 6.07) is 16.8. The van der Waals surface area contributed by atoms with Crippen LogP contribution < -0.4 is 5.32 Å². The molecule has 0 saturated heterocycles. The van der Waals surface area contributed by atoms with Crippen LogP contribution in [0.15, 0.2) is 48.5 Å². The van der Waals surface area contributed by atoms with Crippen LogP contribution in [0, 0.1) is 5.92 Å². The second-order valence-electron chi connectivity index (χ2n) is 5.81. The van der Waals surface area contributed by atoms with E-state index in [1.165, 1.54) is 16.7 Å². The number of benzene rings is 2. The third-order valence-corrected chi connectivity index (χ3v) is 4.27. The van der Waals surface area contributed by atoms with Crippen LogP contribution in [-0.4, -0.2) is 11.1 Å². The zero-order valence-corrected chi connectivity index (χ0v) is 11.8. The molecule has 0 aliphatic heterocycles. The van der Waals surface area contributed by atoms with Gasteiger partial charge in [0.15, 0.2) is 0 Å². The van der Waals surface area contributed by atoms with Crippen LogP contribution in [0.25, 0.3) is 0 Å². The van der Waals surface area contributed by atoms with Crippen molar-refractivity contribution in [3.63, 3.8) is 0 Å². The van der Waals surface area contributed by atoms with E-state index < -0.39 is 0 Å². The molecule has 2 nitrogen and oxygen atoms in total. The molecule has 0 heterocycles. The maximum Gasteiger partial charge on any atom is 0.115 e. The summed E-state index contributed by atoms with van der Waals surface area (Å²) in [5.74, 6) is 0.996. The van der Waals surface area contributed by atoms with E-state index >= 15 is 0 Å². The number of phenols is 1. The molecule has 2 atom stereocenters. The number of hydrogen-bond donors (Lipinski definition) is 2. The summed E-state index contributed by atoms with van der Waals surface area (Å²) in [6.45, 7) is 3.21. The first kappa shape index (κ1) is 13.2. The largest absolute Gasteiger partial charge is 0.508 e. The van der Waals surface area contributed by atoms with Crippen LogP contribution >= 0.6 is 0 Å². The van der Waals surface area contributed by atoms with Crippen LogP contribution in [-0.2, 0) is 19.4 Å². The Bertz CT molecular complexity index is 579. The molecule has 2 N–H and O–H groups in total. The van der Waals surface area contributed by atoms with Gasteiger partial charge in [-0.1, -0.05) is 43.3 Å². The lowest BCUT2D eigenvalue weighted by molar-refractivity contribution is 0.350. The average molecular weight is 267 g/mol. The van der Waals surface area contributed by atoms with Gasteiger partial charge in [0.1, 0.15) is 5.75 Å². The minimum Gasteiger partial charge on any atom is -0.508 e. The zero-order valence-electron chi connectivity index (χ0n) is 11.8. The molecule has 2 heteroatoms. The maximum absolute atomic E-state index is 9.63. The number of phenolic OH excluding ortho intramolecular Hbond substituents is 1. The van der Waals surface area contributed by atoms with Crippen molar-refractivity contribution in [1.82, 2.24) is 5.32 Å². The molecule has 0 saturated carbocycles. The van der Waals surface area contributed by atoms with Crippen LogP contribution in [0.5, 0.6) is 5.75 Å². The highest BCUT2D eigenvalue weighted by Gasteiger charge is 2.24. The molecule has 1 aliphatic carbocycles. The van der Waals surface area contributed by atoms with Gasteiger partial charge in [-0.25, -0.2) is 0 Å². The minimum absolute atomic E-state index is 0.375. The molecule has 0 aromatic heterocycles. The van der Waals surface area contributed by atoms with Crippen molar-refractivity contribution >= 4 is 0 Å². The summed E-state index contributed by atoms with van der Waals surface area (Å²) in [4.78, 5) is 0. The van der Waals surface area contributed by atoms with E-state index in [2.05, 4.69) is 42.6 Å². The summed E-state index contributed by atoms with van der Waals surface area (Å²) < 4.78 is 0. The van der Waals surface area contributed by atoms with Gasteiger partial charge in [0, 0.05) is 12.6 Å². The summed E-state index contributed by atoms with van der Waals surface area (Å²) in [7, 11) is 0. The highest BCUT2D eigenvalue weighted by atomic mass is 16.3. The Hall–Kier alpha value is -1.80. The van der Waals surface area contributed by atoms with Gasteiger partial charge in [-0.2, -0.15) is 0 Å². The lowest BCUT2D eigenvalue weighted by Crippen LogP contribution is -2.40. The third kappa shape index (κ3) is 2.86. The van der Waals surface area contributed by atoms with Crippen molar-refractivity contribution in [2.75, 3.05) is 0 Å². The molecule has 0 amide bonds. The molecule has 2 aromatic rings. The van der Waals surface area contributed by atoms with Crippen molar-refractivity contribution < 1.29 is 5.11 Å². The molecule has 0 fully saturated rings. The van der Waals surface area contributed by atoms with Crippen molar-refractivity contribution in [1.29, 1.82) is 0 Å². The predicted octanol–water partition coefficient (Wildman–Crippen LogP) is 3.29. The zero-order chi connectivity index (χ0) is 13.9. The fraction of sp³-hybridized carbons (Fsp3) is 0.333. The lowest BCUT2D eigenvalue weighted by Gasteiger charge is -2.31. The first-order valence-electron chi connectivity index (χ1n) is 7.30. The molecular weight excluding hydrogens is 246 g/mol. The summed E-state index contributed by atoms with van der Waals surface area (Å²) >= 11 is 0. The van der Waals surface area contributed by atoms with Crippen LogP contribution in [0.4, 0.5) is 0 Å². The van der Waals surface area contributed by atoms with Crippen molar-refractivity contribution in [2.45, 2.75) is 32.4 Å². The van der Waals surface area contributed by atoms with Gasteiger partial charge in [0.2, 0.25) is 0 Å². The Balaban J connectivity index is 1.69. The van der Waals surface area contributed by atoms with Gasteiger partial charge in [0.25, 0.3) is 0 Å².